The van der Waals surface area contributed by atoms with Crippen molar-refractivity contribution in [2.75, 3.05) is 11.5 Å². The van der Waals surface area contributed by atoms with Gasteiger partial charge in [0.25, 0.3) is 0 Å². The largest absolute Gasteiger partial charge is 0.385 e. The Bertz CT molecular complexity index is 372. The third-order valence-corrected chi connectivity index (χ3v) is 4.64. The number of halogens is 1. The van der Waals surface area contributed by atoms with Crippen LogP contribution < -0.4 is 0 Å². The average Bonchev–Trinajstić information content (AvgIpc) is 2.30. The van der Waals surface area contributed by atoms with Gasteiger partial charge in [-0.15, -0.1) is 0 Å². The molecule has 3 heteroatoms. The molecule has 1 aromatic carbocycles. The molecule has 88 valence electrons. The van der Waals surface area contributed by atoms with Crippen LogP contribution in [0.1, 0.15) is 30.9 Å². The Hall–Kier alpha value is -0.180. The summed E-state index contributed by atoms with van der Waals surface area (Å²) in [5.74, 6) is 2.08. The molecule has 1 N–H and O–H groups in total. The van der Waals surface area contributed by atoms with Gasteiger partial charge in [-0.1, -0.05) is 30.7 Å². The Morgan fingerprint density at radius 2 is 2.06 bits per heavy atom. The van der Waals surface area contributed by atoms with Crippen LogP contribution in [0.15, 0.2) is 18.2 Å². The van der Waals surface area contributed by atoms with Crippen molar-refractivity contribution in [1.82, 2.24) is 0 Å². The Kier molecular flexibility index (Phi) is 3.83. The number of rotatable bonds is 2. The normalized spacial score (nSPS) is 19.7. The molecule has 1 aliphatic rings. The van der Waals surface area contributed by atoms with Gasteiger partial charge in [-0.25, -0.2) is 0 Å². The zero-order chi connectivity index (χ0) is 11.6. The summed E-state index contributed by atoms with van der Waals surface area (Å²) in [6, 6.07) is 5.95. The lowest BCUT2D eigenvalue weighted by Crippen LogP contribution is -2.30. The van der Waals surface area contributed by atoms with E-state index in [0.29, 0.717) is 0 Å². The van der Waals surface area contributed by atoms with Gasteiger partial charge in [0.2, 0.25) is 0 Å². The molecule has 0 saturated carbocycles. The van der Waals surface area contributed by atoms with Crippen molar-refractivity contribution >= 4 is 23.4 Å². The highest BCUT2D eigenvalue weighted by Gasteiger charge is 2.31. The summed E-state index contributed by atoms with van der Waals surface area (Å²) in [4.78, 5) is 0. The zero-order valence-corrected chi connectivity index (χ0v) is 11.1. The molecule has 0 radical (unpaired) electrons. The van der Waals surface area contributed by atoms with E-state index in [1.165, 1.54) is 0 Å². The zero-order valence-electron chi connectivity index (χ0n) is 9.50. The van der Waals surface area contributed by atoms with E-state index in [2.05, 4.69) is 13.0 Å². The fraction of sp³-hybridized carbons (Fsp3) is 0.538. The Morgan fingerprint density at radius 1 is 1.38 bits per heavy atom. The molecule has 1 fully saturated rings. The molecular weight excluding hydrogens is 240 g/mol. The first-order valence-corrected chi connectivity index (χ1v) is 7.28. The van der Waals surface area contributed by atoms with E-state index in [4.69, 9.17) is 11.6 Å². The van der Waals surface area contributed by atoms with Crippen LogP contribution in [0, 0.1) is 0 Å². The SMILES string of the molecule is CCc1cc(C2(O)CCSCC2)ccc1Cl. The minimum atomic E-state index is -0.625. The summed E-state index contributed by atoms with van der Waals surface area (Å²) in [7, 11) is 0. The molecule has 0 bridgehead atoms. The second-order valence-corrected chi connectivity index (χ2v) is 5.94. The molecule has 0 atom stereocenters. The van der Waals surface area contributed by atoms with Gasteiger partial charge in [0, 0.05) is 5.02 Å². The monoisotopic (exact) mass is 256 g/mol. The van der Waals surface area contributed by atoms with Gasteiger partial charge in [0.1, 0.15) is 0 Å². The highest BCUT2D eigenvalue weighted by atomic mass is 35.5. The second kappa shape index (κ2) is 4.99. The van der Waals surface area contributed by atoms with Crippen molar-refractivity contribution in [2.24, 2.45) is 0 Å². The van der Waals surface area contributed by atoms with E-state index >= 15 is 0 Å². The second-order valence-electron chi connectivity index (χ2n) is 4.30. The molecule has 1 saturated heterocycles. The molecule has 0 spiro atoms. The highest BCUT2D eigenvalue weighted by molar-refractivity contribution is 7.99. The molecule has 1 heterocycles. The average molecular weight is 257 g/mol. The topological polar surface area (TPSA) is 20.2 Å². The van der Waals surface area contributed by atoms with Crippen molar-refractivity contribution in [2.45, 2.75) is 31.8 Å². The van der Waals surface area contributed by atoms with Crippen LogP contribution >= 0.6 is 23.4 Å². The van der Waals surface area contributed by atoms with Crippen LogP contribution in [0.3, 0.4) is 0 Å². The molecule has 0 aliphatic carbocycles. The number of hydrogen-bond donors (Lipinski definition) is 1. The van der Waals surface area contributed by atoms with Crippen molar-refractivity contribution in [3.63, 3.8) is 0 Å². The lowest BCUT2D eigenvalue weighted by Gasteiger charge is -2.32. The molecule has 1 aliphatic heterocycles. The summed E-state index contributed by atoms with van der Waals surface area (Å²) in [6.45, 7) is 2.09. The van der Waals surface area contributed by atoms with Gasteiger partial charge in [-0.05, 0) is 48.0 Å². The summed E-state index contributed by atoms with van der Waals surface area (Å²) in [5.41, 5.74) is 1.54. The maximum atomic E-state index is 10.6. The van der Waals surface area contributed by atoms with E-state index in [9.17, 15) is 5.11 Å². The van der Waals surface area contributed by atoms with Gasteiger partial charge in [-0.2, -0.15) is 11.8 Å². The Labute approximate surface area is 106 Å². The van der Waals surface area contributed by atoms with Gasteiger partial charge < -0.3 is 5.11 Å². The van der Waals surface area contributed by atoms with Crippen molar-refractivity contribution in [1.29, 1.82) is 0 Å². The molecule has 1 aromatic rings. The molecule has 2 rings (SSSR count). The Balaban J connectivity index is 2.32. The van der Waals surface area contributed by atoms with Crippen LogP contribution in [0.25, 0.3) is 0 Å². The molecule has 0 amide bonds. The summed E-state index contributed by atoms with van der Waals surface area (Å²) >= 11 is 8.01. The smallest absolute Gasteiger partial charge is 0.0912 e. The van der Waals surface area contributed by atoms with Crippen LogP contribution in [0.2, 0.25) is 5.02 Å². The molecule has 1 nitrogen and oxygen atoms in total. The van der Waals surface area contributed by atoms with E-state index in [-0.39, 0.29) is 0 Å². The number of benzene rings is 1. The molecule has 0 unspecified atom stereocenters. The van der Waals surface area contributed by atoms with Crippen molar-refractivity contribution < 1.29 is 5.11 Å². The lowest BCUT2D eigenvalue weighted by atomic mass is 9.87. The predicted molar refractivity (Wildman–Crippen MR) is 71.3 cm³/mol. The van der Waals surface area contributed by atoms with Crippen molar-refractivity contribution in [3.8, 4) is 0 Å². The fourth-order valence-electron chi connectivity index (χ4n) is 2.13. The van der Waals surface area contributed by atoms with E-state index in [0.717, 1.165) is 46.9 Å². The minimum Gasteiger partial charge on any atom is -0.385 e. The summed E-state index contributed by atoms with van der Waals surface area (Å²) in [5, 5.41) is 11.4. The van der Waals surface area contributed by atoms with Crippen molar-refractivity contribution in [3.05, 3.63) is 34.3 Å². The maximum absolute atomic E-state index is 10.6. The van der Waals surface area contributed by atoms with E-state index in [1.54, 1.807) is 0 Å². The molecular formula is C13H17ClOS. The first-order chi connectivity index (χ1) is 7.65. The van der Waals surface area contributed by atoms with Gasteiger partial charge >= 0.3 is 0 Å². The van der Waals surface area contributed by atoms with Crippen LogP contribution in [-0.2, 0) is 12.0 Å². The molecule has 0 aromatic heterocycles. The first-order valence-electron chi connectivity index (χ1n) is 5.75. The van der Waals surface area contributed by atoms with Gasteiger partial charge in [0.15, 0.2) is 0 Å². The minimum absolute atomic E-state index is 0.625. The first kappa shape index (κ1) is 12.3. The van der Waals surface area contributed by atoms with E-state index < -0.39 is 5.60 Å². The number of aliphatic hydroxyl groups is 1. The summed E-state index contributed by atoms with van der Waals surface area (Å²) < 4.78 is 0. The van der Waals surface area contributed by atoms with Gasteiger partial charge in [-0.3, -0.25) is 0 Å². The highest BCUT2D eigenvalue weighted by Crippen LogP contribution is 2.37. The Morgan fingerprint density at radius 3 is 2.69 bits per heavy atom. The fourth-order valence-corrected chi connectivity index (χ4v) is 3.55. The summed E-state index contributed by atoms with van der Waals surface area (Å²) in [6.07, 6.45) is 2.61. The quantitative estimate of drug-likeness (QED) is 0.872. The lowest BCUT2D eigenvalue weighted by molar-refractivity contribution is 0.0280. The predicted octanol–water partition coefficient (Wildman–Crippen LogP) is 3.62. The van der Waals surface area contributed by atoms with Gasteiger partial charge in [0.05, 0.1) is 5.60 Å². The third-order valence-electron chi connectivity index (χ3n) is 3.28. The standard InChI is InChI=1S/C13H17ClOS/c1-2-10-9-11(3-4-12(10)14)13(15)5-7-16-8-6-13/h3-4,9,15H,2,5-8H2,1H3. The third kappa shape index (κ3) is 2.39. The van der Waals surface area contributed by atoms with Crippen LogP contribution in [-0.4, -0.2) is 16.6 Å². The number of hydrogen-bond acceptors (Lipinski definition) is 2. The van der Waals surface area contributed by atoms with E-state index in [1.807, 2.05) is 23.9 Å². The maximum Gasteiger partial charge on any atom is 0.0912 e. The van der Waals surface area contributed by atoms with Crippen LogP contribution in [0.5, 0.6) is 0 Å². The molecule has 16 heavy (non-hydrogen) atoms. The van der Waals surface area contributed by atoms with Crippen LogP contribution in [0.4, 0.5) is 0 Å². The number of aryl methyl sites for hydroxylation is 1. The number of thioether (sulfide) groups is 1.